The van der Waals surface area contributed by atoms with Crippen molar-refractivity contribution in [1.29, 1.82) is 5.26 Å². The van der Waals surface area contributed by atoms with E-state index in [1.807, 2.05) is 12.1 Å². The first-order valence-corrected chi connectivity index (χ1v) is 6.19. The topological polar surface area (TPSA) is 75.9 Å². The maximum absolute atomic E-state index is 11.0. The van der Waals surface area contributed by atoms with Crippen LogP contribution in [0, 0.1) is 11.3 Å². The highest BCUT2D eigenvalue weighted by Crippen LogP contribution is 2.29. The summed E-state index contributed by atoms with van der Waals surface area (Å²) in [6, 6.07) is 12.2. The van der Waals surface area contributed by atoms with Gasteiger partial charge in [0.1, 0.15) is 11.6 Å². The molecule has 0 aliphatic carbocycles. The number of nitriles is 1. The molecule has 0 amide bonds. The molecule has 0 bridgehead atoms. The van der Waals surface area contributed by atoms with Crippen LogP contribution in [0.1, 0.15) is 15.9 Å². The van der Waals surface area contributed by atoms with E-state index in [4.69, 9.17) is 10.00 Å². The number of rotatable bonds is 3. The van der Waals surface area contributed by atoms with Gasteiger partial charge >= 0.3 is 0 Å². The van der Waals surface area contributed by atoms with Gasteiger partial charge in [0.15, 0.2) is 12.0 Å². The van der Waals surface area contributed by atoms with Gasteiger partial charge in [-0.1, -0.05) is 6.07 Å². The van der Waals surface area contributed by atoms with Crippen molar-refractivity contribution in [3.63, 3.8) is 0 Å². The number of carbonyl (C=O) groups is 1. The number of carbonyl (C=O) groups excluding carboxylic acids is 1. The number of pyridine rings is 2. The van der Waals surface area contributed by atoms with Crippen LogP contribution in [-0.4, -0.2) is 16.3 Å². The quantitative estimate of drug-likeness (QED) is 0.686. The van der Waals surface area contributed by atoms with Gasteiger partial charge in [0.25, 0.3) is 0 Å². The minimum absolute atomic E-state index is 0.361. The summed E-state index contributed by atoms with van der Waals surface area (Å²) in [5.74, 6) is 0.869. The summed E-state index contributed by atoms with van der Waals surface area (Å²) >= 11 is 0. The number of ether oxygens (including phenoxy) is 1. The van der Waals surface area contributed by atoms with Crippen LogP contribution in [0.5, 0.6) is 11.6 Å². The Morgan fingerprint density at radius 1 is 1.14 bits per heavy atom. The van der Waals surface area contributed by atoms with E-state index in [-0.39, 0.29) is 0 Å². The largest absolute Gasteiger partial charge is 0.437 e. The maximum atomic E-state index is 11.0. The van der Waals surface area contributed by atoms with Crippen molar-refractivity contribution in [1.82, 2.24) is 9.97 Å². The summed E-state index contributed by atoms with van der Waals surface area (Å²) in [5.41, 5.74) is 1.60. The molecule has 21 heavy (non-hydrogen) atoms. The van der Waals surface area contributed by atoms with Crippen molar-refractivity contribution in [2.24, 2.45) is 0 Å². The van der Waals surface area contributed by atoms with Crippen LogP contribution < -0.4 is 4.74 Å². The molecule has 0 aliphatic rings. The Hall–Kier alpha value is -3.26. The van der Waals surface area contributed by atoms with Crippen LogP contribution in [0.15, 0.2) is 48.8 Å². The number of benzene rings is 1. The summed E-state index contributed by atoms with van der Waals surface area (Å²) in [5, 5.41) is 9.46. The molecular formula is C16H9N3O2. The van der Waals surface area contributed by atoms with Crippen molar-refractivity contribution in [3.05, 3.63) is 59.9 Å². The molecule has 0 spiro atoms. The summed E-state index contributed by atoms with van der Waals surface area (Å²) in [7, 11) is 0. The van der Waals surface area contributed by atoms with Gasteiger partial charge in [0.2, 0.25) is 5.88 Å². The van der Waals surface area contributed by atoms with E-state index in [1.165, 1.54) is 6.20 Å². The van der Waals surface area contributed by atoms with E-state index in [1.54, 1.807) is 36.5 Å². The minimum atomic E-state index is 0.361. The zero-order valence-corrected chi connectivity index (χ0v) is 10.9. The standard InChI is InChI=1S/C16H9N3O2/c17-8-11-3-6-15(19-9-11)21-14-5-4-12(10-20)13-2-1-7-18-16(13)14/h1-7,9-10H. The maximum Gasteiger partial charge on any atom is 0.219 e. The van der Waals surface area contributed by atoms with Crippen molar-refractivity contribution in [2.45, 2.75) is 0 Å². The summed E-state index contributed by atoms with van der Waals surface area (Å²) in [6.07, 6.45) is 3.86. The number of hydrogen-bond donors (Lipinski definition) is 0. The van der Waals surface area contributed by atoms with Crippen molar-refractivity contribution in [3.8, 4) is 17.7 Å². The highest BCUT2D eigenvalue weighted by atomic mass is 16.5. The minimum Gasteiger partial charge on any atom is -0.437 e. The van der Waals surface area contributed by atoms with Gasteiger partial charge in [-0.05, 0) is 24.3 Å². The van der Waals surface area contributed by atoms with Gasteiger partial charge in [-0.15, -0.1) is 0 Å². The van der Waals surface area contributed by atoms with Gasteiger partial charge in [0.05, 0.1) is 5.56 Å². The van der Waals surface area contributed by atoms with Crippen molar-refractivity contribution in [2.75, 3.05) is 0 Å². The van der Waals surface area contributed by atoms with Crippen LogP contribution in [0.3, 0.4) is 0 Å². The lowest BCUT2D eigenvalue weighted by atomic mass is 10.1. The molecule has 1 aromatic carbocycles. The Morgan fingerprint density at radius 2 is 2.05 bits per heavy atom. The normalized spacial score (nSPS) is 10.0. The first-order chi connectivity index (χ1) is 10.3. The second-order valence-corrected chi connectivity index (χ2v) is 4.27. The Balaban J connectivity index is 2.04. The third-order valence-electron chi connectivity index (χ3n) is 2.97. The zero-order chi connectivity index (χ0) is 14.7. The summed E-state index contributed by atoms with van der Waals surface area (Å²) in [6.45, 7) is 0. The van der Waals surface area contributed by atoms with Gasteiger partial charge < -0.3 is 4.74 Å². The lowest BCUT2D eigenvalue weighted by Crippen LogP contribution is -1.93. The molecule has 3 rings (SSSR count). The van der Waals surface area contributed by atoms with E-state index < -0.39 is 0 Å². The second kappa shape index (κ2) is 5.39. The molecule has 0 fully saturated rings. The molecule has 0 N–H and O–H groups in total. The molecule has 2 aromatic heterocycles. The second-order valence-electron chi connectivity index (χ2n) is 4.27. The van der Waals surface area contributed by atoms with Gasteiger partial charge in [0, 0.05) is 29.4 Å². The fourth-order valence-electron chi connectivity index (χ4n) is 1.97. The Kier molecular flexibility index (Phi) is 3.27. The fourth-order valence-corrected chi connectivity index (χ4v) is 1.97. The van der Waals surface area contributed by atoms with Gasteiger partial charge in [-0.3, -0.25) is 9.78 Å². The van der Waals surface area contributed by atoms with Crippen LogP contribution in [0.2, 0.25) is 0 Å². The Labute approximate surface area is 120 Å². The van der Waals surface area contributed by atoms with Gasteiger partial charge in [-0.2, -0.15) is 5.26 Å². The van der Waals surface area contributed by atoms with Gasteiger partial charge in [-0.25, -0.2) is 4.98 Å². The first kappa shape index (κ1) is 12.8. The highest BCUT2D eigenvalue weighted by molar-refractivity contribution is 5.98. The predicted molar refractivity (Wildman–Crippen MR) is 76.2 cm³/mol. The predicted octanol–water partition coefficient (Wildman–Crippen LogP) is 3.11. The highest BCUT2D eigenvalue weighted by Gasteiger charge is 2.09. The number of nitrogens with zero attached hydrogens (tertiary/aromatic N) is 3. The number of aromatic nitrogens is 2. The molecule has 0 saturated carbocycles. The van der Waals surface area contributed by atoms with Crippen LogP contribution in [0.25, 0.3) is 10.9 Å². The zero-order valence-electron chi connectivity index (χ0n) is 10.9. The third kappa shape index (κ3) is 2.42. The van der Waals surface area contributed by atoms with E-state index in [2.05, 4.69) is 9.97 Å². The summed E-state index contributed by atoms with van der Waals surface area (Å²) < 4.78 is 5.69. The van der Waals surface area contributed by atoms with E-state index in [0.717, 1.165) is 11.7 Å². The van der Waals surface area contributed by atoms with Crippen LogP contribution >= 0.6 is 0 Å². The smallest absolute Gasteiger partial charge is 0.219 e. The molecule has 0 saturated heterocycles. The molecule has 0 unspecified atom stereocenters. The molecule has 2 heterocycles. The number of aldehydes is 1. The molecule has 3 aromatic rings. The molecule has 100 valence electrons. The number of hydrogen-bond acceptors (Lipinski definition) is 5. The summed E-state index contributed by atoms with van der Waals surface area (Å²) in [4.78, 5) is 19.4. The molecular weight excluding hydrogens is 266 g/mol. The van der Waals surface area contributed by atoms with Crippen LogP contribution in [0.4, 0.5) is 0 Å². The lowest BCUT2D eigenvalue weighted by Gasteiger charge is -2.08. The van der Waals surface area contributed by atoms with E-state index in [0.29, 0.717) is 28.3 Å². The Morgan fingerprint density at radius 3 is 2.76 bits per heavy atom. The van der Waals surface area contributed by atoms with E-state index in [9.17, 15) is 4.79 Å². The first-order valence-electron chi connectivity index (χ1n) is 6.19. The lowest BCUT2D eigenvalue weighted by molar-refractivity contribution is 0.112. The fraction of sp³-hybridized carbons (Fsp3) is 0. The molecule has 5 heteroatoms. The number of fused-ring (bicyclic) bond motifs is 1. The SMILES string of the molecule is N#Cc1ccc(Oc2ccc(C=O)c3cccnc23)nc1. The average Bonchev–Trinajstić information content (AvgIpc) is 2.56. The van der Waals surface area contributed by atoms with E-state index >= 15 is 0 Å². The Bertz CT molecular complexity index is 852. The third-order valence-corrected chi connectivity index (χ3v) is 2.97. The monoisotopic (exact) mass is 275 g/mol. The average molecular weight is 275 g/mol. The molecule has 0 radical (unpaired) electrons. The van der Waals surface area contributed by atoms with Crippen molar-refractivity contribution < 1.29 is 9.53 Å². The molecule has 5 nitrogen and oxygen atoms in total. The van der Waals surface area contributed by atoms with Crippen LogP contribution in [-0.2, 0) is 0 Å². The molecule has 0 aliphatic heterocycles. The molecule has 0 atom stereocenters. The van der Waals surface area contributed by atoms with Crippen molar-refractivity contribution >= 4 is 17.2 Å².